The minimum absolute atomic E-state index is 0.338. The maximum absolute atomic E-state index is 6.18. The van der Waals surface area contributed by atoms with E-state index in [1.807, 2.05) is 48.8 Å². The Morgan fingerprint density at radius 3 is 2.71 bits per heavy atom. The molecule has 6 rings (SSSR count). The normalized spacial score (nSPS) is 11.4. The van der Waals surface area contributed by atoms with E-state index in [9.17, 15) is 0 Å². The third-order valence-corrected chi connectivity index (χ3v) is 7.13. The Bertz CT molecular complexity index is 1570. The second kappa shape index (κ2) is 8.47. The summed E-state index contributed by atoms with van der Waals surface area (Å²) in [5, 5.41) is 6.59. The highest BCUT2D eigenvalue weighted by molar-refractivity contribution is 7.18. The molecule has 0 aliphatic carbocycles. The van der Waals surface area contributed by atoms with Gasteiger partial charge in [0.25, 0.3) is 5.19 Å². The zero-order chi connectivity index (χ0) is 23.1. The minimum Gasteiger partial charge on any atom is -0.496 e. The Labute approximate surface area is 202 Å². The quantitative estimate of drug-likeness (QED) is 0.274. The van der Waals surface area contributed by atoms with Crippen molar-refractivity contribution in [3.05, 3.63) is 65.9 Å². The molecule has 0 amide bonds. The van der Waals surface area contributed by atoms with Crippen LogP contribution in [0.4, 0.5) is 0 Å². The molecule has 0 saturated carbocycles. The van der Waals surface area contributed by atoms with Crippen molar-refractivity contribution in [1.82, 2.24) is 19.6 Å². The number of imidazole rings is 1. The van der Waals surface area contributed by atoms with Crippen LogP contribution in [-0.2, 0) is 6.61 Å². The monoisotopic (exact) mass is 490 g/mol. The van der Waals surface area contributed by atoms with Crippen molar-refractivity contribution in [3.8, 4) is 38.6 Å². The molecule has 4 heterocycles. The van der Waals surface area contributed by atoms with Gasteiger partial charge in [0, 0.05) is 18.3 Å². The fraction of sp³-hybridized carbons (Fsp3) is 0.125. The SMILES string of the molecule is COc1cc(OCc2ncc(-c3ccccc3)s2)c2cc(-c3cn4nc(OC)sc4n3)oc2c1. The van der Waals surface area contributed by atoms with Crippen LogP contribution in [0.1, 0.15) is 5.01 Å². The maximum atomic E-state index is 6.18. The molecule has 0 radical (unpaired) electrons. The first-order valence-electron chi connectivity index (χ1n) is 10.4. The van der Waals surface area contributed by atoms with Crippen LogP contribution in [0.2, 0.25) is 0 Å². The first-order chi connectivity index (χ1) is 16.7. The van der Waals surface area contributed by atoms with Crippen LogP contribution >= 0.6 is 22.7 Å². The first kappa shape index (κ1) is 20.7. The topological polar surface area (TPSA) is 83.9 Å². The molecule has 0 bridgehead atoms. The molecule has 8 nitrogen and oxygen atoms in total. The molecule has 0 atom stereocenters. The lowest BCUT2D eigenvalue weighted by Gasteiger charge is -2.07. The first-order valence-corrected chi connectivity index (χ1v) is 12.0. The second-order valence-electron chi connectivity index (χ2n) is 7.35. The molecular formula is C24H18N4O4S2. The Morgan fingerprint density at radius 2 is 1.91 bits per heavy atom. The minimum atomic E-state index is 0.338. The summed E-state index contributed by atoms with van der Waals surface area (Å²) in [5.74, 6) is 1.91. The van der Waals surface area contributed by atoms with E-state index in [2.05, 4.69) is 27.2 Å². The van der Waals surface area contributed by atoms with E-state index in [1.165, 1.54) is 11.3 Å². The second-order valence-corrected chi connectivity index (χ2v) is 9.38. The third-order valence-electron chi connectivity index (χ3n) is 5.22. The molecule has 170 valence electrons. The summed E-state index contributed by atoms with van der Waals surface area (Å²) in [5.41, 5.74) is 2.46. The molecule has 0 unspecified atom stereocenters. The van der Waals surface area contributed by atoms with E-state index in [0.29, 0.717) is 40.3 Å². The van der Waals surface area contributed by atoms with E-state index in [0.717, 1.165) is 25.8 Å². The number of rotatable bonds is 7. The molecule has 0 fully saturated rings. The molecule has 0 spiro atoms. The standard InChI is InChI=1S/C24H18N4O4S2/c1-29-15-8-18(31-13-22-25-11-21(33-22)14-6-4-3-5-7-14)16-10-20(32-19(16)9-15)17-12-28-23(26-17)34-24(27-28)30-2/h3-12H,13H2,1-2H3. The molecule has 2 aromatic carbocycles. The summed E-state index contributed by atoms with van der Waals surface area (Å²) in [6, 6.07) is 15.8. The Hall–Kier alpha value is -3.89. The van der Waals surface area contributed by atoms with Crippen molar-refractivity contribution in [3.63, 3.8) is 0 Å². The van der Waals surface area contributed by atoms with Gasteiger partial charge in [0.2, 0.25) is 4.96 Å². The predicted molar refractivity (Wildman–Crippen MR) is 131 cm³/mol. The lowest BCUT2D eigenvalue weighted by atomic mass is 10.2. The number of hydrogen-bond donors (Lipinski definition) is 0. The Kier molecular flexibility index (Phi) is 5.16. The zero-order valence-electron chi connectivity index (χ0n) is 18.2. The number of fused-ring (bicyclic) bond motifs is 2. The van der Waals surface area contributed by atoms with Gasteiger partial charge >= 0.3 is 0 Å². The lowest BCUT2D eigenvalue weighted by molar-refractivity contribution is 0.307. The summed E-state index contributed by atoms with van der Waals surface area (Å²) in [4.78, 5) is 11.0. The molecule has 34 heavy (non-hydrogen) atoms. The third kappa shape index (κ3) is 3.76. The predicted octanol–water partition coefficient (Wildman–Crippen LogP) is 5.92. The molecule has 4 aromatic heterocycles. The van der Waals surface area contributed by atoms with E-state index >= 15 is 0 Å². The number of aromatic nitrogens is 4. The van der Waals surface area contributed by atoms with Crippen LogP contribution < -0.4 is 14.2 Å². The van der Waals surface area contributed by atoms with Crippen LogP contribution in [0, 0.1) is 0 Å². The molecule has 0 saturated heterocycles. The average Bonchev–Trinajstić information content (AvgIpc) is 3.65. The average molecular weight is 491 g/mol. The lowest BCUT2D eigenvalue weighted by Crippen LogP contribution is -1.95. The van der Waals surface area contributed by atoms with Gasteiger partial charge in [-0.1, -0.05) is 30.3 Å². The van der Waals surface area contributed by atoms with Crippen molar-refractivity contribution < 1.29 is 18.6 Å². The number of nitrogens with zero attached hydrogens (tertiary/aromatic N) is 4. The van der Waals surface area contributed by atoms with Crippen LogP contribution in [0.25, 0.3) is 37.8 Å². The Morgan fingerprint density at radius 1 is 1.03 bits per heavy atom. The largest absolute Gasteiger partial charge is 0.496 e. The van der Waals surface area contributed by atoms with Crippen LogP contribution in [-0.4, -0.2) is 33.8 Å². The Balaban J connectivity index is 1.30. The van der Waals surface area contributed by atoms with E-state index in [-0.39, 0.29) is 0 Å². The van der Waals surface area contributed by atoms with Gasteiger partial charge < -0.3 is 18.6 Å². The molecule has 0 aliphatic rings. The van der Waals surface area contributed by atoms with Gasteiger partial charge in [-0.05, 0) is 23.0 Å². The molecule has 0 aliphatic heterocycles. The van der Waals surface area contributed by atoms with Gasteiger partial charge in [-0.2, -0.15) is 0 Å². The van der Waals surface area contributed by atoms with Gasteiger partial charge in [0.15, 0.2) is 5.76 Å². The van der Waals surface area contributed by atoms with E-state index in [1.54, 1.807) is 30.1 Å². The van der Waals surface area contributed by atoms with Gasteiger partial charge in [-0.3, -0.25) is 0 Å². The van der Waals surface area contributed by atoms with E-state index < -0.39 is 0 Å². The van der Waals surface area contributed by atoms with Gasteiger partial charge in [0.05, 0.1) is 30.7 Å². The van der Waals surface area contributed by atoms with Crippen molar-refractivity contribution >= 4 is 38.6 Å². The van der Waals surface area contributed by atoms with Gasteiger partial charge in [0.1, 0.15) is 34.4 Å². The smallest absolute Gasteiger partial charge is 0.294 e. The molecule has 10 heteroatoms. The van der Waals surface area contributed by atoms with Crippen LogP contribution in [0.15, 0.2) is 65.3 Å². The van der Waals surface area contributed by atoms with Crippen molar-refractivity contribution in [2.24, 2.45) is 0 Å². The van der Waals surface area contributed by atoms with Crippen molar-refractivity contribution in [2.75, 3.05) is 14.2 Å². The fourth-order valence-electron chi connectivity index (χ4n) is 3.58. The highest BCUT2D eigenvalue weighted by atomic mass is 32.1. The fourth-order valence-corrected chi connectivity index (χ4v) is 5.12. The van der Waals surface area contributed by atoms with Crippen molar-refractivity contribution in [1.29, 1.82) is 0 Å². The van der Waals surface area contributed by atoms with Crippen molar-refractivity contribution in [2.45, 2.75) is 6.61 Å². The highest BCUT2D eigenvalue weighted by Crippen LogP contribution is 2.38. The summed E-state index contributed by atoms with van der Waals surface area (Å²) >= 11 is 2.97. The molecule has 6 aromatic rings. The molecule has 0 N–H and O–H groups in total. The molecular weight excluding hydrogens is 472 g/mol. The number of thiazole rings is 1. The summed E-state index contributed by atoms with van der Waals surface area (Å²) in [7, 11) is 3.20. The summed E-state index contributed by atoms with van der Waals surface area (Å²) in [6.45, 7) is 0.338. The van der Waals surface area contributed by atoms with Gasteiger partial charge in [-0.15, -0.1) is 16.4 Å². The number of benzene rings is 2. The van der Waals surface area contributed by atoms with Gasteiger partial charge in [-0.25, -0.2) is 14.5 Å². The number of furan rings is 1. The highest BCUT2D eigenvalue weighted by Gasteiger charge is 2.17. The zero-order valence-corrected chi connectivity index (χ0v) is 19.9. The summed E-state index contributed by atoms with van der Waals surface area (Å²) in [6.07, 6.45) is 3.69. The van der Waals surface area contributed by atoms with Crippen LogP contribution in [0.3, 0.4) is 0 Å². The number of methoxy groups -OCH3 is 2. The van der Waals surface area contributed by atoms with Crippen LogP contribution in [0.5, 0.6) is 16.7 Å². The maximum Gasteiger partial charge on any atom is 0.294 e. The van der Waals surface area contributed by atoms with E-state index in [4.69, 9.17) is 18.6 Å². The number of hydrogen-bond acceptors (Lipinski definition) is 9. The summed E-state index contributed by atoms with van der Waals surface area (Å²) < 4.78 is 24.6. The number of ether oxygens (including phenoxy) is 3.